The second kappa shape index (κ2) is 6.88. The maximum atomic E-state index is 5.39. The van der Waals surface area contributed by atoms with Crippen LogP contribution in [0.2, 0.25) is 0 Å². The molecule has 0 fully saturated rings. The van der Waals surface area contributed by atoms with E-state index in [4.69, 9.17) is 9.72 Å². The van der Waals surface area contributed by atoms with Crippen LogP contribution in [0.3, 0.4) is 0 Å². The van der Waals surface area contributed by atoms with Gasteiger partial charge >= 0.3 is 0 Å². The molecule has 0 aliphatic rings. The van der Waals surface area contributed by atoms with Gasteiger partial charge in [0.2, 0.25) is 0 Å². The van der Waals surface area contributed by atoms with E-state index in [0.29, 0.717) is 0 Å². The van der Waals surface area contributed by atoms with Gasteiger partial charge in [0.1, 0.15) is 5.75 Å². The Labute approximate surface area is 156 Å². The van der Waals surface area contributed by atoms with E-state index in [1.54, 1.807) is 25.1 Å². The molecule has 4 aromatic rings. The summed E-state index contributed by atoms with van der Waals surface area (Å²) in [6, 6.07) is 12.3. The topological polar surface area (TPSA) is 44.9 Å². The highest BCUT2D eigenvalue weighted by atomic mass is 32.2. The molecule has 0 amide bonds. The number of aromatic nitrogens is 4. The number of ether oxygens (including phenoxy) is 1. The van der Waals surface area contributed by atoms with Crippen LogP contribution >= 0.6 is 11.8 Å². The van der Waals surface area contributed by atoms with Crippen molar-refractivity contribution in [2.24, 2.45) is 7.05 Å². The summed E-state index contributed by atoms with van der Waals surface area (Å²) in [6.07, 6.45) is 5.87. The van der Waals surface area contributed by atoms with Gasteiger partial charge in [-0.3, -0.25) is 4.98 Å². The number of imidazole rings is 1. The monoisotopic (exact) mass is 364 g/mol. The standard InChI is InChI=1S/C20H20N4OS/c1-14-17(21-9-8-19(14)25-3)13-26-20-22-16-12-15(24-10-4-5-11-24)6-7-18(16)23(20)2/h4-12H,13H2,1-3H3. The molecule has 0 unspecified atom stereocenters. The average Bonchev–Trinajstić information content (AvgIpc) is 3.29. The molecule has 1 aromatic carbocycles. The summed E-state index contributed by atoms with van der Waals surface area (Å²) < 4.78 is 9.61. The lowest BCUT2D eigenvalue weighted by atomic mass is 10.2. The van der Waals surface area contributed by atoms with E-state index in [2.05, 4.69) is 39.4 Å². The first-order valence-electron chi connectivity index (χ1n) is 8.38. The van der Waals surface area contributed by atoms with Crippen molar-refractivity contribution in [1.82, 2.24) is 19.1 Å². The molecule has 4 rings (SSSR count). The van der Waals surface area contributed by atoms with Crippen molar-refractivity contribution in [3.8, 4) is 11.4 Å². The number of hydrogen-bond donors (Lipinski definition) is 0. The normalized spacial score (nSPS) is 11.2. The summed E-state index contributed by atoms with van der Waals surface area (Å²) in [5.41, 5.74) is 5.34. The van der Waals surface area contributed by atoms with E-state index in [1.807, 2.05) is 37.5 Å². The Morgan fingerprint density at radius 3 is 2.73 bits per heavy atom. The molecular weight excluding hydrogens is 344 g/mol. The number of rotatable bonds is 5. The molecule has 6 heteroatoms. The van der Waals surface area contributed by atoms with Gasteiger partial charge in [-0.2, -0.15) is 0 Å². The molecule has 3 heterocycles. The summed E-state index contributed by atoms with van der Waals surface area (Å²) in [5.74, 6) is 1.63. The maximum Gasteiger partial charge on any atom is 0.169 e. The van der Waals surface area contributed by atoms with Crippen LogP contribution in [0.25, 0.3) is 16.7 Å². The van der Waals surface area contributed by atoms with Gasteiger partial charge < -0.3 is 13.9 Å². The first-order chi connectivity index (χ1) is 12.7. The molecule has 0 atom stereocenters. The van der Waals surface area contributed by atoms with Crippen LogP contribution in [0, 0.1) is 6.92 Å². The molecule has 5 nitrogen and oxygen atoms in total. The molecule has 0 saturated heterocycles. The minimum atomic E-state index is 0.755. The third kappa shape index (κ3) is 2.97. The van der Waals surface area contributed by atoms with Gasteiger partial charge in [0.15, 0.2) is 5.16 Å². The van der Waals surface area contributed by atoms with Crippen LogP contribution in [0.5, 0.6) is 5.75 Å². The van der Waals surface area contributed by atoms with Gasteiger partial charge in [-0.1, -0.05) is 11.8 Å². The minimum Gasteiger partial charge on any atom is -0.496 e. The predicted octanol–water partition coefficient (Wildman–Crippen LogP) is 4.37. The Kier molecular flexibility index (Phi) is 4.42. The molecule has 0 spiro atoms. The quantitative estimate of drug-likeness (QED) is 0.493. The zero-order chi connectivity index (χ0) is 18.1. The SMILES string of the molecule is COc1ccnc(CSc2nc3cc(-n4cccc4)ccc3n2C)c1C. The number of methoxy groups -OCH3 is 1. The smallest absolute Gasteiger partial charge is 0.169 e. The van der Waals surface area contributed by atoms with Crippen molar-refractivity contribution >= 4 is 22.8 Å². The molecule has 0 aliphatic heterocycles. The fourth-order valence-electron chi connectivity index (χ4n) is 3.02. The van der Waals surface area contributed by atoms with Crippen LogP contribution in [-0.4, -0.2) is 26.2 Å². The Morgan fingerprint density at radius 1 is 1.15 bits per heavy atom. The van der Waals surface area contributed by atoms with Gasteiger partial charge in [0.05, 0.1) is 23.8 Å². The third-order valence-corrected chi connectivity index (χ3v) is 5.58. The molecule has 0 aliphatic carbocycles. The van der Waals surface area contributed by atoms with Gasteiger partial charge in [-0.05, 0) is 43.3 Å². The Morgan fingerprint density at radius 2 is 1.96 bits per heavy atom. The van der Waals surface area contributed by atoms with Crippen molar-refractivity contribution in [3.05, 3.63) is 66.2 Å². The molecule has 0 bridgehead atoms. The van der Waals surface area contributed by atoms with Gasteiger partial charge in [0.25, 0.3) is 0 Å². The third-order valence-electron chi connectivity index (χ3n) is 4.54. The Bertz CT molecular complexity index is 1050. The summed E-state index contributed by atoms with van der Waals surface area (Å²) in [6.45, 7) is 2.04. The van der Waals surface area contributed by atoms with Gasteiger partial charge in [0, 0.05) is 42.6 Å². The van der Waals surface area contributed by atoms with Crippen LogP contribution in [0.4, 0.5) is 0 Å². The van der Waals surface area contributed by atoms with E-state index in [1.165, 1.54) is 0 Å². The van der Waals surface area contributed by atoms with Gasteiger partial charge in [-0.15, -0.1) is 0 Å². The summed E-state index contributed by atoms with van der Waals surface area (Å²) in [5, 5.41) is 0.980. The lowest BCUT2D eigenvalue weighted by Crippen LogP contribution is -1.97. The van der Waals surface area contributed by atoms with E-state index < -0.39 is 0 Å². The Balaban J connectivity index is 1.62. The molecule has 132 valence electrons. The van der Waals surface area contributed by atoms with Crippen molar-refractivity contribution < 1.29 is 4.74 Å². The van der Waals surface area contributed by atoms with Crippen molar-refractivity contribution in [1.29, 1.82) is 0 Å². The number of pyridine rings is 1. The number of aryl methyl sites for hydroxylation is 1. The van der Waals surface area contributed by atoms with Crippen molar-refractivity contribution in [2.45, 2.75) is 17.8 Å². The minimum absolute atomic E-state index is 0.755. The molecule has 3 aromatic heterocycles. The highest BCUT2D eigenvalue weighted by Crippen LogP contribution is 2.29. The van der Waals surface area contributed by atoms with E-state index in [0.717, 1.165) is 44.6 Å². The molecular formula is C20H20N4OS. The average molecular weight is 364 g/mol. The summed E-state index contributed by atoms with van der Waals surface area (Å²) in [4.78, 5) is 9.32. The highest BCUT2D eigenvalue weighted by molar-refractivity contribution is 7.98. The molecule has 0 radical (unpaired) electrons. The largest absolute Gasteiger partial charge is 0.496 e. The van der Waals surface area contributed by atoms with Crippen LogP contribution in [0.1, 0.15) is 11.3 Å². The summed E-state index contributed by atoms with van der Waals surface area (Å²) in [7, 11) is 3.74. The first-order valence-corrected chi connectivity index (χ1v) is 9.37. The van der Waals surface area contributed by atoms with Crippen molar-refractivity contribution in [2.75, 3.05) is 7.11 Å². The van der Waals surface area contributed by atoms with Crippen LogP contribution in [0.15, 0.2) is 60.1 Å². The highest BCUT2D eigenvalue weighted by Gasteiger charge is 2.12. The lowest BCUT2D eigenvalue weighted by Gasteiger charge is -2.08. The second-order valence-corrected chi connectivity index (χ2v) is 7.03. The van der Waals surface area contributed by atoms with Gasteiger partial charge in [-0.25, -0.2) is 4.98 Å². The zero-order valence-electron chi connectivity index (χ0n) is 15.0. The molecule has 26 heavy (non-hydrogen) atoms. The van der Waals surface area contributed by atoms with Crippen LogP contribution in [-0.2, 0) is 12.8 Å². The summed E-state index contributed by atoms with van der Waals surface area (Å²) >= 11 is 1.69. The van der Waals surface area contributed by atoms with E-state index in [9.17, 15) is 0 Å². The maximum absolute atomic E-state index is 5.39. The first kappa shape index (κ1) is 16.7. The number of hydrogen-bond acceptors (Lipinski definition) is 4. The number of nitrogens with zero attached hydrogens (tertiary/aromatic N) is 4. The van der Waals surface area contributed by atoms with Crippen molar-refractivity contribution in [3.63, 3.8) is 0 Å². The Hall–Kier alpha value is -2.73. The second-order valence-electron chi connectivity index (χ2n) is 6.09. The number of benzene rings is 1. The lowest BCUT2D eigenvalue weighted by molar-refractivity contribution is 0.410. The van der Waals surface area contributed by atoms with E-state index in [-0.39, 0.29) is 0 Å². The molecule has 0 N–H and O–H groups in total. The van der Waals surface area contributed by atoms with E-state index >= 15 is 0 Å². The number of fused-ring (bicyclic) bond motifs is 1. The number of thioether (sulfide) groups is 1. The fraction of sp³-hybridized carbons (Fsp3) is 0.200. The van der Waals surface area contributed by atoms with Crippen LogP contribution < -0.4 is 4.74 Å². The zero-order valence-corrected chi connectivity index (χ0v) is 15.8. The molecule has 0 saturated carbocycles. The fourth-order valence-corrected chi connectivity index (χ4v) is 4.03. The predicted molar refractivity (Wildman–Crippen MR) is 105 cm³/mol.